The van der Waals surface area contributed by atoms with Gasteiger partial charge in [-0.1, -0.05) is 0 Å². The van der Waals surface area contributed by atoms with Crippen LogP contribution < -0.4 is 0 Å². The van der Waals surface area contributed by atoms with Gasteiger partial charge < -0.3 is 9.47 Å². The summed E-state index contributed by atoms with van der Waals surface area (Å²) in [6.45, 7) is 0.941. The molecular formula is C5H8O5P+. The average Bonchev–Trinajstić information content (AvgIpc) is 2.48. The highest BCUT2D eigenvalue weighted by atomic mass is 31.1. The topological polar surface area (TPSA) is 65.0 Å². The van der Waals surface area contributed by atoms with Crippen molar-refractivity contribution >= 4 is 8.25 Å². The summed E-state index contributed by atoms with van der Waals surface area (Å²) in [4.78, 5) is 8.45. The molecule has 3 atom stereocenters. The van der Waals surface area contributed by atoms with Crippen LogP contribution >= 0.6 is 8.25 Å². The summed E-state index contributed by atoms with van der Waals surface area (Å²) in [6.07, 6.45) is -0.638. The molecule has 0 saturated carbocycles. The van der Waals surface area contributed by atoms with E-state index in [9.17, 15) is 4.57 Å². The normalized spacial score (nSPS) is 43.0. The van der Waals surface area contributed by atoms with Crippen LogP contribution in [-0.4, -0.2) is 36.4 Å². The molecule has 0 spiro atoms. The first-order valence-electron chi connectivity index (χ1n) is 3.33. The van der Waals surface area contributed by atoms with Gasteiger partial charge in [-0.2, -0.15) is 0 Å². The lowest BCUT2D eigenvalue weighted by Crippen LogP contribution is -2.23. The van der Waals surface area contributed by atoms with Gasteiger partial charge in [-0.25, -0.2) is 0 Å². The Labute approximate surface area is 64.2 Å². The van der Waals surface area contributed by atoms with Crippen LogP contribution in [0.1, 0.15) is 0 Å². The highest BCUT2D eigenvalue weighted by Crippen LogP contribution is 2.33. The molecule has 2 rings (SSSR count). The lowest BCUT2D eigenvalue weighted by Gasteiger charge is -2.08. The Morgan fingerprint density at radius 1 is 1.36 bits per heavy atom. The summed E-state index contributed by atoms with van der Waals surface area (Å²) in [7, 11) is -2.53. The van der Waals surface area contributed by atoms with E-state index in [4.69, 9.17) is 18.9 Å². The van der Waals surface area contributed by atoms with Crippen molar-refractivity contribution in [1.29, 1.82) is 0 Å². The highest BCUT2D eigenvalue weighted by molar-refractivity contribution is 7.32. The molecule has 2 heterocycles. The van der Waals surface area contributed by atoms with Crippen LogP contribution in [0.4, 0.5) is 0 Å². The summed E-state index contributed by atoms with van der Waals surface area (Å²) in [5.74, 6) is 0. The van der Waals surface area contributed by atoms with Gasteiger partial charge in [-0.15, -0.1) is 9.42 Å². The van der Waals surface area contributed by atoms with Gasteiger partial charge in [-0.3, -0.25) is 0 Å². The van der Waals surface area contributed by atoms with Crippen molar-refractivity contribution in [3.05, 3.63) is 0 Å². The first-order valence-corrected chi connectivity index (χ1v) is 4.46. The summed E-state index contributed by atoms with van der Waals surface area (Å²) < 4.78 is 25.4. The lowest BCUT2D eigenvalue weighted by atomic mass is 10.2. The molecule has 3 unspecified atom stereocenters. The predicted molar refractivity (Wildman–Crippen MR) is 34.2 cm³/mol. The molecule has 0 aromatic rings. The molecule has 0 aromatic carbocycles. The summed E-state index contributed by atoms with van der Waals surface area (Å²) >= 11 is 0. The van der Waals surface area contributed by atoms with E-state index >= 15 is 0 Å². The van der Waals surface area contributed by atoms with Gasteiger partial charge >= 0.3 is 8.25 Å². The molecule has 1 N–H and O–H groups in total. The van der Waals surface area contributed by atoms with Gasteiger partial charge in [0.1, 0.15) is 12.2 Å². The van der Waals surface area contributed by atoms with Gasteiger partial charge in [0.25, 0.3) is 0 Å². The third-order valence-corrected chi connectivity index (χ3v) is 2.32. The molecule has 0 aromatic heterocycles. The molecular weight excluding hydrogens is 171 g/mol. The first kappa shape index (κ1) is 7.58. The van der Waals surface area contributed by atoms with Gasteiger partial charge in [0.05, 0.1) is 13.2 Å². The minimum atomic E-state index is -2.53. The lowest BCUT2D eigenvalue weighted by molar-refractivity contribution is -0.0376. The minimum absolute atomic E-state index is 0.147. The average molecular weight is 179 g/mol. The Morgan fingerprint density at radius 2 is 1.91 bits per heavy atom. The van der Waals surface area contributed by atoms with E-state index in [1.807, 2.05) is 0 Å². The predicted octanol–water partition coefficient (Wildman–Crippen LogP) is -0.181. The molecule has 2 aliphatic rings. The number of hydrogen-bond acceptors (Lipinski definition) is 4. The van der Waals surface area contributed by atoms with E-state index in [0.717, 1.165) is 0 Å². The monoisotopic (exact) mass is 179 g/mol. The van der Waals surface area contributed by atoms with Crippen molar-refractivity contribution in [3.8, 4) is 0 Å². The fourth-order valence-corrected chi connectivity index (χ4v) is 1.87. The van der Waals surface area contributed by atoms with Gasteiger partial charge in [0.2, 0.25) is 0 Å². The second-order valence-corrected chi connectivity index (χ2v) is 3.24. The van der Waals surface area contributed by atoms with E-state index in [1.165, 1.54) is 0 Å². The van der Waals surface area contributed by atoms with Gasteiger partial charge in [0.15, 0.2) is 6.10 Å². The molecule has 0 radical (unpaired) electrons. The van der Waals surface area contributed by atoms with E-state index in [0.29, 0.717) is 13.2 Å². The van der Waals surface area contributed by atoms with Gasteiger partial charge in [-0.05, 0) is 0 Å². The van der Waals surface area contributed by atoms with Gasteiger partial charge in [0, 0.05) is 4.57 Å². The van der Waals surface area contributed by atoms with Crippen LogP contribution in [0.3, 0.4) is 0 Å². The zero-order valence-electron chi connectivity index (χ0n) is 5.67. The smallest absolute Gasteiger partial charge is 0.370 e. The van der Waals surface area contributed by atoms with E-state index < -0.39 is 8.25 Å². The van der Waals surface area contributed by atoms with Crippen molar-refractivity contribution in [2.45, 2.75) is 18.3 Å². The van der Waals surface area contributed by atoms with Crippen LogP contribution in [0.5, 0.6) is 0 Å². The Kier molecular flexibility index (Phi) is 1.91. The molecule has 2 saturated heterocycles. The van der Waals surface area contributed by atoms with Crippen molar-refractivity contribution < 1.29 is 23.5 Å². The molecule has 2 bridgehead atoms. The first-order chi connectivity index (χ1) is 5.27. The van der Waals surface area contributed by atoms with Crippen LogP contribution in [0.25, 0.3) is 0 Å². The highest BCUT2D eigenvalue weighted by Gasteiger charge is 2.49. The second kappa shape index (κ2) is 2.77. The third-order valence-electron chi connectivity index (χ3n) is 1.89. The fraction of sp³-hybridized carbons (Fsp3) is 1.00. The molecule has 11 heavy (non-hydrogen) atoms. The molecule has 2 aliphatic heterocycles. The van der Waals surface area contributed by atoms with Crippen molar-refractivity contribution in [2.24, 2.45) is 0 Å². The van der Waals surface area contributed by atoms with Crippen LogP contribution in [0.2, 0.25) is 0 Å². The van der Waals surface area contributed by atoms with E-state index in [1.54, 1.807) is 0 Å². The quantitative estimate of drug-likeness (QED) is 0.595. The summed E-state index contributed by atoms with van der Waals surface area (Å²) in [5, 5.41) is 0. The SMILES string of the molecule is O=[P+](O)OC1C2COC1CO2. The molecule has 0 amide bonds. The zero-order valence-corrected chi connectivity index (χ0v) is 6.57. The standard InChI is InChI=1S/C5H7O5P/c6-11(7)10-5-3-1-8-4(5)2-9-3/h3-5H,1-2H2/p+1. The number of ether oxygens (including phenoxy) is 2. The Morgan fingerprint density at radius 3 is 2.27 bits per heavy atom. The van der Waals surface area contributed by atoms with E-state index in [2.05, 4.69) is 0 Å². The summed E-state index contributed by atoms with van der Waals surface area (Å²) in [5.41, 5.74) is 0. The minimum Gasteiger partial charge on any atom is -0.370 e. The molecule has 2 fully saturated rings. The maximum absolute atomic E-state index is 10.3. The fourth-order valence-electron chi connectivity index (χ4n) is 1.39. The van der Waals surface area contributed by atoms with Crippen molar-refractivity contribution in [1.82, 2.24) is 0 Å². The Hall–Kier alpha value is -0.0600. The third kappa shape index (κ3) is 1.30. The second-order valence-electron chi connectivity index (χ2n) is 2.55. The Balaban J connectivity index is 1.99. The van der Waals surface area contributed by atoms with Crippen molar-refractivity contribution in [2.75, 3.05) is 13.2 Å². The number of hydrogen-bond donors (Lipinski definition) is 1. The van der Waals surface area contributed by atoms with Crippen molar-refractivity contribution in [3.63, 3.8) is 0 Å². The zero-order chi connectivity index (χ0) is 7.84. The maximum Gasteiger partial charge on any atom is 0.695 e. The number of rotatable bonds is 2. The van der Waals surface area contributed by atoms with Crippen LogP contribution in [0, 0.1) is 0 Å². The summed E-state index contributed by atoms with van der Waals surface area (Å²) in [6, 6.07) is 0. The number of fused-ring (bicyclic) bond motifs is 2. The molecule has 6 heteroatoms. The Bertz CT molecular complexity index is 164. The van der Waals surface area contributed by atoms with E-state index in [-0.39, 0.29) is 18.3 Å². The van der Waals surface area contributed by atoms with Crippen LogP contribution in [-0.2, 0) is 18.6 Å². The largest absolute Gasteiger partial charge is 0.695 e. The maximum atomic E-state index is 10.3. The molecule has 0 aliphatic carbocycles. The van der Waals surface area contributed by atoms with Crippen LogP contribution in [0.15, 0.2) is 0 Å². The molecule has 62 valence electrons. The molecule has 5 nitrogen and oxygen atoms in total.